The number of rotatable bonds is 8. The van der Waals surface area contributed by atoms with Gasteiger partial charge in [0.1, 0.15) is 0 Å². The molecule has 1 fully saturated rings. The van der Waals surface area contributed by atoms with E-state index in [0.717, 1.165) is 18.8 Å². The number of hydrogen-bond donors (Lipinski definition) is 1. The van der Waals surface area contributed by atoms with Crippen LogP contribution in [0, 0.1) is 11.8 Å². The van der Waals surface area contributed by atoms with Crippen LogP contribution in [0.15, 0.2) is 0 Å². The maximum absolute atomic E-state index is 10.6. The minimum atomic E-state index is -0.589. The number of hydrogen-bond acceptors (Lipinski definition) is 1. The van der Waals surface area contributed by atoms with E-state index in [1.165, 1.54) is 44.9 Å². The number of unbranched alkanes of at least 4 members (excludes halogenated alkanes) is 5. The third-order valence-corrected chi connectivity index (χ3v) is 3.55. The van der Waals surface area contributed by atoms with Crippen LogP contribution in [0.4, 0.5) is 0 Å². The lowest BCUT2D eigenvalue weighted by atomic mass is 9.72. The monoisotopic (exact) mass is 212 g/mol. The van der Waals surface area contributed by atoms with Crippen molar-refractivity contribution in [3.05, 3.63) is 0 Å². The Labute approximate surface area is 93.1 Å². The molecule has 2 nitrogen and oxygen atoms in total. The first kappa shape index (κ1) is 12.5. The smallest absolute Gasteiger partial charge is 0.306 e. The zero-order valence-electron chi connectivity index (χ0n) is 9.87. The molecule has 15 heavy (non-hydrogen) atoms. The maximum Gasteiger partial charge on any atom is 0.306 e. The first-order valence-corrected chi connectivity index (χ1v) is 6.46. The first-order chi connectivity index (χ1) is 7.24. The van der Waals surface area contributed by atoms with E-state index in [4.69, 9.17) is 5.11 Å². The molecule has 0 amide bonds. The summed E-state index contributed by atoms with van der Waals surface area (Å²) in [6.07, 6.45) is 11.2. The van der Waals surface area contributed by atoms with Crippen molar-refractivity contribution in [1.29, 1.82) is 0 Å². The van der Waals surface area contributed by atoms with E-state index in [1.54, 1.807) is 0 Å². The van der Waals surface area contributed by atoms with Crippen LogP contribution < -0.4 is 0 Å². The summed E-state index contributed by atoms with van der Waals surface area (Å²) in [5.74, 6) is 0.113. The van der Waals surface area contributed by atoms with Gasteiger partial charge in [-0.15, -0.1) is 0 Å². The molecule has 0 unspecified atom stereocenters. The van der Waals surface area contributed by atoms with E-state index >= 15 is 0 Å². The van der Waals surface area contributed by atoms with Gasteiger partial charge in [0, 0.05) is 0 Å². The molecule has 0 atom stereocenters. The van der Waals surface area contributed by atoms with Crippen molar-refractivity contribution in [1.82, 2.24) is 0 Å². The Morgan fingerprint density at radius 1 is 1.13 bits per heavy atom. The lowest BCUT2D eigenvalue weighted by molar-refractivity contribution is -0.146. The molecule has 1 rings (SSSR count). The molecular formula is C13H24O2. The quantitative estimate of drug-likeness (QED) is 0.620. The summed E-state index contributed by atoms with van der Waals surface area (Å²) in [5, 5.41) is 8.72. The zero-order valence-corrected chi connectivity index (χ0v) is 9.87. The molecule has 1 N–H and O–H groups in total. The molecule has 0 aromatic heterocycles. The summed E-state index contributed by atoms with van der Waals surface area (Å²) in [6, 6.07) is 0. The molecule has 88 valence electrons. The van der Waals surface area contributed by atoms with Crippen LogP contribution in [-0.2, 0) is 4.79 Å². The second-order valence-corrected chi connectivity index (χ2v) is 4.93. The Bertz CT molecular complexity index is 183. The minimum Gasteiger partial charge on any atom is -0.481 e. The molecule has 1 saturated carbocycles. The summed E-state index contributed by atoms with van der Waals surface area (Å²) in [4.78, 5) is 10.6. The third-order valence-electron chi connectivity index (χ3n) is 3.55. The van der Waals surface area contributed by atoms with Crippen molar-refractivity contribution in [3.8, 4) is 0 Å². The second-order valence-electron chi connectivity index (χ2n) is 4.93. The highest BCUT2D eigenvalue weighted by molar-refractivity contribution is 5.71. The number of carbonyl (C=O) groups is 1. The molecule has 1 aliphatic carbocycles. The first-order valence-electron chi connectivity index (χ1n) is 6.46. The standard InChI is InChI=1S/C13H24O2/c1-2-3-4-5-6-7-8-11-9-12(10-11)13(14)15/h11-12H,2-10H2,1H3,(H,14,15). The van der Waals surface area contributed by atoms with Crippen molar-refractivity contribution >= 4 is 5.97 Å². The third kappa shape index (κ3) is 4.67. The molecule has 0 radical (unpaired) electrons. The Hall–Kier alpha value is -0.530. The summed E-state index contributed by atoms with van der Waals surface area (Å²) in [7, 11) is 0. The van der Waals surface area contributed by atoms with Gasteiger partial charge < -0.3 is 5.11 Å². The number of carboxylic acid groups (broad SMARTS) is 1. The fourth-order valence-electron chi connectivity index (χ4n) is 2.39. The van der Waals surface area contributed by atoms with Crippen LogP contribution >= 0.6 is 0 Å². The van der Waals surface area contributed by atoms with Crippen molar-refractivity contribution in [3.63, 3.8) is 0 Å². The lowest BCUT2D eigenvalue weighted by Gasteiger charge is -2.32. The zero-order chi connectivity index (χ0) is 11.1. The molecule has 2 heteroatoms. The van der Waals surface area contributed by atoms with Gasteiger partial charge in [-0.2, -0.15) is 0 Å². The molecule has 0 bridgehead atoms. The number of aliphatic carboxylic acids is 1. The van der Waals surface area contributed by atoms with E-state index in [9.17, 15) is 4.79 Å². The van der Waals surface area contributed by atoms with Crippen LogP contribution in [0.3, 0.4) is 0 Å². The second kappa shape index (κ2) is 6.86. The van der Waals surface area contributed by atoms with Gasteiger partial charge in [-0.1, -0.05) is 51.9 Å². The van der Waals surface area contributed by atoms with Crippen molar-refractivity contribution in [2.75, 3.05) is 0 Å². The van der Waals surface area contributed by atoms with Gasteiger partial charge in [-0.05, 0) is 18.8 Å². The normalized spacial score (nSPS) is 24.9. The molecule has 1 aliphatic rings. The van der Waals surface area contributed by atoms with E-state index < -0.39 is 5.97 Å². The summed E-state index contributed by atoms with van der Waals surface area (Å²) >= 11 is 0. The van der Waals surface area contributed by atoms with Crippen LogP contribution in [0.1, 0.15) is 64.7 Å². The molecule has 0 aromatic carbocycles. The van der Waals surface area contributed by atoms with Gasteiger partial charge in [-0.3, -0.25) is 4.79 Å². The molecular weight excluding hydrogens is 188 g/mol. The Balaban J connectivity index is 1.84. The van der Waals surface area contributed by atoms with Crippen molar-refractivity contribution in [2.45, 2.75) is 64.7 Å². The van der Waals surface area contributed by atoms with Crippen LogP contribution in [0.5, 0.6) is 0 Å². The van der Waals surface area contributed by atoms with Gasteiger partial charge in [0.05, 0.1) is 5.92 Å². The average Bonchev–Trinajstić information content (AvgIpc) is 2.12. The highest BCUT2D eigenvalue weighted by Crippen LogP contribution is 2.37. The highest BCUT2D eigenvalue weighted by Gasteiger charge is 2.33. The van der Waals surface area contributed by atoms with Gasteiger partial charge in [-0.25, -0.2) is 0 Å². The molecule has 0 aromatic rings. The predicted octanol–water partition coefficient (Wildman–Crippen LogP) is 3.85. The Kier molecular flexibility index (Phi) is 5.74. The highest BCUT2D eigenvalue weighted by atomic mass is 16.4. The van der Waals surface area contributed by atoms with Crippen molar-refractivity contribution < 1.29 is 9.90 Å². The van der Waals surface area contributed by atoms with Crippen LogP contribution in [0.25, 0.3) is 0 Å². The maximum atomic E-state index is 10.6. The van der Waals surface area contributed by atoms with E-state index in [1.807, 2.05) is 0 Å². The van der Waals surface area contributed by atoms with Crippen molar-refractivity contribution in [2.24, 2.45) is 11.8 Å². The average molecular weight is 212 g/mol. The fraction of sp³-hybridized carbons (Fsp3) is 0.923. The molecule has 0 saturated heterocycles. The largest absolute Gasteiger partial charge is 0.481 e. The Morgan fingerprint density at radius 3 is 2.33 bits per heavy atom. The van der Waals surface area contributed by atoms with E-state index in [0.29, 0.717) is 0 Å². The van der Waals surface area contributed by atoms with E-state index in [2.05, 4.69) is 6.92 Å². The van der Waals surface area contributed by atoms with Crippen LogP contribution in [0.2, 0.25) is 0 Å². The minimum absolute atomic E-state index is 0.0184. The SMILES string of the molecule is CCCCCCCCC1CC(C(=O)O)C1. The van der Waals surface area contributed by atoms with Gasteiger partial charge in [0.15, 0.2) is 0 Å². The van der Waals surface area contributed by atoms with Crippen LogP contribution in [-0.4, -0.2) is 11.1 Å². The number of carboxylic acids is 1. The molecule has 0 heterocycles. The Morgan fingerprint density at radius 2 is 1.73 bits per heavy atom. The lowest BCUT2D eigenvalue weighted by Crippen LogP contribution is -2.30. The predicted molar refractivity (Wildman–Crippen MR) is 61.8 cm³/mol. The van der Waals surface area contributed by atoms with Gasteiger partial charge in [0.25, 0.3) is 0 Å². The molecule has 0 spiro atoms. The summed E-state index contributed by atoms with van der Waals surface area (Å²) < 4.78 is 0. The van der Waals surface area contributed by atoms with Gasteiger partial charge in [0.2, 0.25) is 0 Å². The fourth-order valence-corrected chi connectivity index (χ4v) is 2.39. The topological polar surface area (TPSA) is 37.3 Å². The summed E-state index contributed by atoms with van der Waals surface area (Å²) in [5.41, 5.74) is 0. The van der Waals surface area contributed by atoms with E-state index in [-0.39, 0.29) is 5.92 Å². The van der Waals surface area contributed by atoms with Gasteiger partial charge >= 0.3 is 5.97 Å². The molecule has 0 aliphatic heterocycles. The summed E-state index contributed by atoms with van der Waals surface area (Å²) in [6.45, 7) is 2.24.